The minimum atomic E-state index is 1.16. The normalized spacial score (nSPS) is 11.8. The SMILES string of the molecule is c1ccc(-c2ccc3ccc(-n4c5ccccc5c5c6c7ccccc7n(-c7ccc8ccccc8c7-c7ccccc7)c6ccc54)cc3c2)cc1. The van der Waals surface area contributed by atoms with Gasteiger partial charge in [0.15, 0.2) is 0 Å². The van der Waals surface area contributed by atoms with E-state index in [1.807, 2.05) is 0 Å². The van der Waals surface area contributed by atoms with E-state index in [1.165, 1.54) is 93.1 Å². The van der Waals surface area contributed by atoms with Crippen molar-refractivity contribution in [3.8, 4) is 33.6 Å². The van der Waals surface area contributed by atoms with E-state index in [2.05, 4.69) is 203 Å². The Kier molecular flexibility index (Phi) is 6.28. The highest BCUT2D eigenvalue weighted by atomic mass is 15.0. The molecular weight excluding hydrogens is 629 g/mol. The van der Waals surface area contributed by atoms with Crippen LogP contribution in [0.15, 0.2) is 194 Å². The number of hydrogen-bond acceptors (Lipinski definition) is 0. The van der Waals surface area contributed by atoms with Crippen LogP contribution in [0.1, 0.15) is 0 Å². The van der Waals surface area contributed by atoms with Gasteiger partial charge in [0.05, 0.1) is 27.8 Å². The second kappa shape index (κ2) is 11.3. The van der Waals surface area contributed by atoms with Gasteiger partial charge in [-0.15, -0.1) is 0 Å². The maximum Gasteiger partial charge on any atom is 0.0549 e. The molecule has 52 heavy (non-hydrogen) atoms. The fourth-order valence-electron chi connectivity index (χ4n) is 8.59. The zero-order valence-electron chi connectivity index (χ0n) is 28.4. The van der Waals surface area contributed by atoms with Gasteiger partial charge in [-0.25, -0.2) is 0 Å². The lowest BCUT2D eigenvalue weighted by atomic mass is 9.96. The summed E-state index contributed by atoms with van der Waals surface area (Å²) in [5, 5.41) is 10.0. The zero-order valence-corrected chi connectivity index (χ0v) is 28.4. The predicted molar refractivity (Wildman–Crippen MR) is 221 cm³/mol. The summed E-state index contributed by atoms with van der Waals surface area (Å²) in [4.78, 5) is 0. The maximum absolute atomic E-state index is 2.49. The molecule has 0 bridgehead atoms. The molecule has 0 spiro atoms. The second-order valence-electron chi connectivity index (χ2n) is 13.7. The van der Waals surface area contributed by atoms with E-state index >= 15 is 0 Å². The topological polar surface area (TPSA) is 9.86 Å². The molecule has 0 aliphatic heterocycles. The quantitative estimate of drug-likeness (QED) is 0.178. The second-order valence-corrected chi connectivity index (χ2v) is 13.7. The van der Waals surface area contributed by atoms with E-state index in [0.717, 1.165) is 5.69 Å². The number of fused-ring (bicyclic) bond motifs is 9. The minimum Gasteiger partial charge on any atom is -0.309 e. The van der Waals surface area contributed by atoms with Crippen molar-refractivity contribution in [2.75, 3.05) is 0 Å². The van der Waals surface area contributed by atoms with E-state index in [9.17, 15) is 0 Å². The summed E-state index contributed by atoms with van der Waals surface area (Å²) in [6.07, 6.45) is 0. The first-order valence-corrected chi connectivity index (χ1v) is 17.9. The van der Waals surface area contributed by atoms with Crippen molar-refractivity contribution >= 4 is 65.2 Å². The molecule has 9 aromatic carbocycles. The molecule has 2 nitrogen and oxygen atoms in total. The Morgan fingerprint density at radius 1 is 0.288 bits per heavy atom. The average molecular weight is 661 g/mol. The Bertz CT molecular complexity index is 3160. The number of nitrogens with zero attached hydrogens (tertiary/aromatic N) is 2. The third kappa shape index (κ3) is 4.25. The Hall–Kier alpha value is -6.90. The summed E-state index contributed by atoms with van der Waals surface area (Å²) in [5.41, 5.74) is 12.1. The van der Waals surface area contributed by atoms with Crippen LogP contribution in [0.4, 0.5) is 0 Å². The van der Waals surface area contributed by atoms with E-state index in [0.29, 0.717) is 0 Å². The molecule has 0 saturated carbocycles. The van der Waals surface area contributed by atoms with Crippen molar-refractivity contribution in [1.29, 1.82) is 0 Å². The molecule has 0 saturated heterocycles. The highest BCUT2D eigenvalue weighted by Crippen LogP contribution is 2.45. The van der Waals surface area contributed by atoms with E-state index in [-0.39, 0.29) is 0 Å². The molecule has 0 N–H and O–H groups in total. The van der Waals surface area contributed by atoms with Crippen LogP contribution >= 0.6 is 0 Å². The first-order chi connectivity index (χ1) is 25.8. The molecule has 0 amide bonds. The third-order valence-electron chi connectivity index (χ3n) is 10.9. The number of hydrogen-bond donors (Lipinski definition) is 0. The Morgan fingerprint density at radius 3 is 1.58 bits per heavy atom. The van der Waals surface area contributed by atoms with Crippen molar-refractivity contribution in [2.24, 2.45) is 0 Å². The molecule has 11 aromatic rings. The summed E-state index contributed by atoms with van der Waals surface area (Å²) in [7, 11) is 0. The van der Waals surface area contributed by atoms with Crippen molar-refractivity contribution in [1.82, 2.24) is 9.13 Å². The van der Waals surface area contributed by atoms with Crippen molar-refractivity contribution in [3.05, 3.63) is 194 Å². The van der Waals surface area contributed by atoms with Gasteiger partial charge in [0, 0.05) is 32.8 Å². The monoisotopic (exact) mass is 660 g/mol. The first kappa shape index (κ1) is 28.9. The molecule has 2 heterocycles. The number of rotatable bonds is 4. The lowest BCUT2D eigenvalue weighted by Crippen LogP contribution is -1.98. The number of benzene rings is 9. The van der Waals surface area contributed by atoms with Crippen LogP contribution < -0.4 is 0 Å². The summed E-state index contributed by atoms with van der Waals surface area (Å²) >= 11 is 0. The highest BCUT2D eigenvalue weighted by molar-refractivity contribution is 6.29. The van der Waals surface area contributed by atoms with Crippen LogP contribution in [0.5, 0.6) is 0 Å². The van der Waals surface area contributed by atoms with Gasteiger partial charge in [-0.3, -0.25) is 0 Å². The molecular formula is C50H32N2. The van der Waals surface area contributed by atoms with E-state index in [1.54, 1.807) is 0 Å². The predicted octanol–water partition coefficient (Wildman–Crippen LogP) is 13.5. The summed E-state index contributed by atoms with van der Waals surface area (Å²) in [5.74, 6) is 0. The lowest BCUT2D eigenvalue weighted by Gasteiger charge is -2.17. The summed E-state index contributed by atoms with van der Waals surface area (Å²) in [6.45, 7) is 0. The maximum atomic E-state index is 2.49. The fourth-order valence-corrected chi connectivity index (χ4v) is 8.59. The largest absolute Gasteiger partial charge is 0.309 e. The van der Waals surface area contributed by atoms with Crippen LogP contribution in [-0.2, 0) is 0 Å². The van der Waals surface area contributed by atoms with E-state index < -0.39 is 0 Å². The van der Waals surface area contributed by atoms with Crippen molar-refractivity contribution < 1.29 is 0 Å². The molecule has 0 aliphatic carbocycles. The number of para-hydroxylation sites is 2. The van der Waals surface area contributed by atoms with E-state index in [4.69, 9.17) is 0 Å². The fraction of sp³-hybridized carbons (Fsp3) is 0. The molecule has 2 heteroatoms. The Morgan fingerprint density at radius 2 is 0.846 bits per heavy atom. The lowest BCUT2D eigenvalue weighted by molar-refractivity contribution is 1.18. The van der Waals surface area contributed by atoms with Gasteiger partial charge in [0.1, 0.15) is 0 Å². The molecule has 242 valence electrons. The standard InChI is InChI=1S/C50H32N2/c1-3-13-33(14-4-1)37-24-23-34-25-27-39(32-38(34)31-37)51-43-21-11-9-19-41(43)49-46(51)29-30-47-50(49)42-20-10-12-22-44(42)52(47)45-28-26-35-15-7-8-18-40(35)48(45)36-16-5-2-6-17-36/h1-32H. The summed E-state index contributed by atoms with van der Waals surface area (Å²) < 4.78 is 4.95. The van der Waals surface area contributed by atoms with Gasteiger partial charge in [-0.1, -0.05) is 146 Å². The van der Waals surface area contributed by atoms with Gasteiger partial charge in [0.25, 0.3) is 0 Å². The molecule has 11 rings (SSSR count). The van der Waals surface area contributed by atoms with Gasteiger partial charge >= 0.3 is 0 Å². The van der Waals surface area contributed by atoms with Gasteiger partial charge < -0.3 is 9.13 Å². The van der Waals surface area contributed by atoms with Crippen LogP contribution in [0, 0.1) is 0 Å². The first-order valence-electron chi connectivity index (χ1n) is 17.9. The smallest absolute Gasteiger partial charge is 0.0549 e. The van der Waals surface area contributed by atoms with Crippen LogP contribution in [0.3, 0.4) is 0 Å². The minimum absolute atomic E-state index is 1.16. The summed E-state index contributed by atoms with van der Waals surface area (Å²) in [6, 6.07) is 71.0. The Labute approximate surface area is 301 Å². The van der Waals surface area contributed by atoms with Gasteiger partial charge in [0.2, 0.25) is 0 Å². The zero-order chi connectivity index (χ0) is 34.2. The third-order valence-corrected chi connectivity index (χ3v) is 10.9. The van der Waals surface area contributed by atoms with Crippen LogP contribution in [-0.4, -0.2) is 9.13 Å². The Balaban J connectivity index is 1.22. The highest BCUT2D eigenvalue weighted by Gasteiger charge is 2.22. The molecule has 0 fully saturated rings. The van der Waals surface area contributed by atoms with Gasteiger partial charge in [-0.2, -0.15) is 0 Å². The molecule has 2 aromatic heterocycles. The average Bonchev–Trinajstić information content (AvgIpc) is 3.73. The van der Waals surface area contributed by atoms with Crippen LogP contribution in [0.25, 0.3) is 98.8 Å². The molecule has 0 radical (unpaired) electrons. The molecule has 0 aliphatic rings. The van der Waals surface area contributed by atoms with Crippen molar-refractivity contribution in [3.63, 3.8) is 0 Å². The molecule has 0 unspecified atom stereocenters. The van der Waals surface area contributed by atoms with Crippen LogP contribution in [0.2, 0.25) is 0 Å². The van der Waals surface area contributed by atoms with Crippen molar-refractivity contribution in [2.45, 2.75) is 0 Å². The van der Waals surface area contributed by atoms with Gasteiger partial charge in [-0.05, 0) is 86.8 Å². The molecule has 0 atom stereocenters. The number of aromatic nitrogens is 2.